The van der Waals surface area contributed by atoms with Gasteiger partial charge in [0.1, 0.15) is 0 Å². The molecule has 5 rings (SSSR count). The van der Waals surface area contributed by atoms with Crippen LogP contribution >= 0.6 is 0 Å². The summed E-state index contributed by atoms with van der Waals surface area (Å²) in [7, 11) is 0. The molecule has 0 saturated heterocycles. The summed E-state index contributed by atoms with van der Waals surface area (Å²) in [5.41, 5.74) is 6.70. The molecule has 0 aliphatic rings. The third-order valence-electron chi connectivity index (χ3n) is 7.01. The van der Waals surface area contributed by atoms with Crippen molar-refractivity contribution in [3.63, 3.8) is 0 Å². The van der Waals surface area contributed by atoms with Gasteiger partial charge in [-0.05, 0) is 27.8 Å². The molecule has 5 aromatic rings. The highest BCUT2D eigenvalue weighted by molar-refractivity contribution is 5.24. The van der Waals surface area contributed by atoms with E-state index in [2.05, 4.69) is 161 Å². The van der Waals surface area contributed by atoms with Crippen LogP contribution in [0.3, 0.4) is 0 Å². The van der Waals surface area contributed by atoms with E-state index in [1.54, 1.807) is 0 Å². The van der Waals surface area contributed by atoms with Crippen molar-refractivity contribution >= 4 is 0 Å². The molecule has 0 aromatic heterocycles. The summed E-state index contributed by atoms with van der Waals surface area (Å²) in [6.07, 6.45) is 0. The summed E-state index contributed by atoms with van der Waals surface area (Å²) in [6.45, 7) is 4.51. The van der Waals surface area contributed by atoms with Crippen molar-refractivity contribution in [3.05, 3.63) is 179 Å². The lowest BCUT2D eigenvalue weighted by atomic mass is 10.0. The van der Waals surface area contributed by atoms with Gasteiger partial charge in [-0.15, -0.1) is 0 Å². The number of hydrogen-bond acceptors (Lipinski definition) is 2. The number of benzene rings is 5. The highest BCUT2D eigenvalue weighted by Crippen LogP contribution is 2.28. The van der Waals surface area contributed by atoms with Crippen molar-refractivity contribution in [2.45, 2.75) is 32.2 Å². The van der Waals surface area contributed by atoms with Crippen molar-refractivity contribution in [1.29, 1.82) is 0 Å². The number of nitrogens with zero attached hydrogens (tertiary/aromatic N) is 2. The molecule has 5 aromatic carbocycles. The average molecular weight is 497 g/mol. The fourth-order valence-electron chi connectivity index (χ4n) is 5.13. The molecule has 190 valence electrons. The van der Waals surface area contributed by atoms with Gasteiger partial charge in [0.2, 0.25) is 0 Å². The number of hydrogen-bond donors (Lipinski definition) is 0. The first-order valence-electron chi connectivity index (χ1n) is 13.5. The maximum absolute atomic E-state index is 2.64. The smallest absolute Gasteiger partial charge is 0.0482 e. The zero-order chi connectivity index (χ0) is 25.8. The molecule has 0 aliphatic carbocycles. The Morgan fingerprint density at radius 2 is 0.684 bits per heavy atom. The zero-order valence-corrected chi connectivity index (χ0v) is 21.9. The SMILES string of the molecule is c1ccc(CN(Cc2ccccc2)CC(c2ccccc2)N(Cc2ccccc2)Cc2ccccc2)cc1. The van der Waals surface area contributed by atoms with Crippen molar-refractivity contribution in [3.8, 4) is 0 Å². The molecule has 0 spiro atoms. The topological polar surface area (TPSA) is 6.48 Å². The molecule has 1 unspecified atom stereocenters. The molecule has 38 heavy (non-hydrogen) atoms. The van der Waals surface area contributed by atoms with Crippen LogP contribution in [0.5, 0.6) is 0 Å². The lowest BCUT2D eigenvalue weighted by Crippen LogP contribution is -2.37. The maximum Gasteiger partial charge on any atom is 0.0482 e. The van der Waals surface area contributed by atoms with E-state index in [0.29, 0.717) is 0 Å². The molecule has 0 amide bonds. The van der Waals surface area contributed by atoms with Gasteiger partial charge in [0.15, 0.2) is 0 Å². The lowest BCUT2D eigenvalue weighted by Gasteiger charge is -2.36. The lowest BCUT2D eigenvalue weighted by molar-refractivity contribution is 0.116. The minimum atomic E-state index is 0.226. The normalized spacial score (nSPS) is 12.1. The van der Waals surface area contributed by atoms with Crippen LogP contribution in [-0.4, -0.2) is 16.3 Å². The minimum absolute atomic E-state index is 0.226. The molecular weight excluding hydrogens is 460 g/mol. The van der Waals surface area contributed by atoms with Crippen LogP contribution in [0.4, 0.5) is 0 Å². The molecule has 0 fully saturated rings. The van der Waals surface area contributed by atoms with E-state index in [0.717, 1.165) is 32.7 Å². The molecule has 0 saturated carbocycles. The first-order valence-corrected chi connectivity index (χ1v) is 13.5. The fraction of sp³-hybridized carbons (Fsp3) is 0.167. The minimum Gasteiger partial charge on any atom is -0.293 e. The predicted octanol–water partition coefficient (Wildman–Crippen LogP) is 8.13. The molecule has 1 atom stereocenters. The van der Waals surface area contributed by atoms with Crippen molar-refractivity contribution in [1.82, 2.24) is 9.80 Å². The molecule has 2 heteroatoms. The van der Waals surface area contributed by atoms with E-state index >= 15 is 0 Å². The summed E-state index contributed by atoms with van der Waals surface area (Å²) in [5.74, 6) is 0. The molecule has 0 heterocycles. The summed E-state index contributed by atoms with van der Waals surface area (Å²) < 4.78 is 0. The molecule has 0 N–H and O–H groups in total. The van der Waals surface area contributed by atoms with E-state index in [9.17, 15) is 0 Å². The van der Waals surface area contributed by atoms with E-state index in [4.69, 9.17) is 0 Å². The Balaban J connectivity index is 1.50. The van der Waals surface area contributed by atoms with Crippen LogP contribution in [0.15, 0.2) is 152 Å². The highest BCUT2D eigenvalue weighted by Gasteiger charge is 2.24. The molecule has 0 aliphatic heterocycles. The van der Waals surface area contributed by atoms with Gasteiger partial charge >= 0.3 is 0 Å². The molecule has 0 radical (unpaired) electrons. The Kier molecular flexibility index (Phi) is 9.14. The van der Waals surface area contributed by atoms with E-state index in [1.165, 1.54) is 27.8 Å². The monoisotopic (exact) mass is 496 g/mol. The second-order valence-corrected chi connectivity index (χ2v) is 9.94. The van der Waals surface area contributed by atoms with Gasteiger partial charge in [-0.25, -0.2) is 0 Å². The van der Waals surface area contributed by atoms with Gasteiger partial charge in [0, 0.05) is 38.8 Å². The van der Waals surface area contributed by atoms with Crippen molar-refractivity contribution in [2.24, 2.45) is 0 Å². The first-order chi connectivity index (χ1) is 18.8. The van der Waals surface area contributed by atoms with Crippen LogP contribution in [0.25, 0.3) is 0 Å². The van der Waals surface area contributed by atoms with Gasteiger partial charge in [-0.2, -0.15) is 0 Å². The van der Waals surface area contributed by atoms with Gasteiger partial charge < -0.3 is 0 Å². The van der Waals surface area contributed by atoms with E-state index in [1.807, 2.05) is 0 Å². The fourth-order valence-corrected chi connectivity index (χ4v) is 5.13. The van der Waals surface area contributed by atoms with Crippen LogP contribution in [0.2, 0.25) is 0 Å². The Morgan fingerprint density at radius 3 is 1.05 bits per heavy atom. The second-order valence-electron chi connectivity index (χ2n) is 9.94. The van der Waals surface area contributed by atoms with Crippen LogP contribution in [0, 0.1) is 0 Å². The van der Waals surface area contributed by atoms with Crippen LogP contribution in [0.1, 0.15) is 33.9 Å². The van der Waals surface area contributed by atoms with Gasteiger partial charge in [0.05, 0.1) is 0 Å². The van der Waals surface area contributed by atoms with Crippen LogP contribution < -0.4 is 0 Å². The zero-order valence-electron chi connectivity index (χ0n) is 21.9. The van der Waals surface area contributed by atoms with Crippen LogP contribution in [-0.2, 0) is 26.2 Å². The summed E-state index contributed by atoms with van der Waals surface area (Å²) in [5, 5.41) is 0. The van der Waals surface area contributed by atoms with Crippen molar-refractivity contribution in [2.75, 3.05) is 6.54 Å². The average Bonchev–Trinajstić information content (AvgIpc) is 2.98. The largest absolute Gasteiger partial charge is 0.293 e. The Hall–Kier alpha value is -3.98. The standard InChI is InChI=1S/C36H36N2/c1-6-16-31(17-7-1)26-37(27-32-18-8-2-9-19-32)30-36(35-24-14-5-15-25-35)38(28-33-20-10-3-11-21-33)29-34-22-12-4-13-23-34/h1-25,36H,26-30H2. The van der Waals surface area contributed by atoms with E-state index < -0.39 is 0 Å². The Labute approximate surface area is 227 Å². The summed E-state index contributed by atoms with van der Waals surface area (Å²) in [6, 6.07) is 54.7. The third-order valence-corrected chi connectivity index (χ3v) is 7.01. The Bertz CT molecular complexity index is 1240. The second kappa shape index (κ2) is 13.5. The Morgan fingerprint density at radius 1 is 0.368 bits per heavy atom. The molecule has 2 nitrogen and oxygen atoms in total. The third kappa shape index (κ3) is 7.52. The van der Waals surface area contributed by atoms with Gasteiger partial charge in [0.25, 0.3) is 0 Å². The molecule has 0 bridgehead atoms. The van der Waals surface area contributed by atoms with Crippen molar-refractivity contribution < 1.29 is 0 Å². The number of rotatable bonds is 12. The van der Waals surface area contributed by atoms with Gasteiger partial charge in [-0.1, -0.05) is 152 Å². The van der Waals surface area contributed by atoms with Gasteiger partial charge in [-0.3, -0.25) is 9.80 Å². The summed E-state index contributed by atoms with van der Waals surface area (Å²) >= 11 is 0. The molecular formula is C36H36N2. The highest BCUT2D eigenvalue weighted by atomic mass is 15.2. The maximum atomic E-state index is 2.64. The quantitative estimate of drug-likeness (QED) is 0.172. The van der Waals surface area contributed by atoms with E-state index in [-0.39, 0.29) is 6.04 Å². The first kappa shape index (κ1) is 25.7. The summed E-state index contributed by atoms with van der Waals surface area (Å²) in [4.78, 5) is 5.24. The predicted molar refractivity (Wildman–Crippen MR) is 158 cm³/mol.